The number of fused-ring (bicyclic) bond motifs is 3. The summed E-state index contributed by atoms with van der Waals surface area (Å²) in [4.78, 5) is 9.31. The second kappa shape index (κ2) is 8.09. The van der Waals surface area contributed by atoms with Gasteiger partial charge in [-0.15, -0.1) is 0 Å². The van der Waals surface area contributed by atoms with Crippen LogP contribution < -0.4 is 0 Å². The molecule has 0 aliphatic carbocycles. The van der Waals surface area contributed by atoms with E-state index in [4.69, 9.17) is 9.40 Å². The number of furan rings is 1. The van der Waals surface area contributed by atoms with Crippen molar-refractivity contribution in [2.24, 2.45) is 0 Å². The Morgan fingerprint density at radius 1 is 0.794 bits per heavy atom. The summed E-state index contributed by atoms with van der Waals surface area (Å²) in [7, 11) is 0. The average molecular weight is 449 g/mol. The highest BCUT2D eigenvalue weighted by Crippen LogP contribution is 2.36. The quantitative estimate of drug-likeness (QED) is 0.278. The monoisotopic (exact) mass is 448 g/mol. The number of rotatable bonds is 4. The molecule has 0 saturated carbocycles. The van der Waals surface area contributed by atoms with E-state index >= 15 is 0 Å². The molecule has 0 saturated heterocycles. The number of aryl methyl sites for hydroxylation is 1. The number of nitrogens with zero attached hydrogens (tertiary/aromatic N) is 2. The SMILES string of the molecule is Cc1ccc2c(n1)oc1c(-c3cc(C(C)(C)Cc4ccc(C(C)(C)C)cc4)ccn3)cccc12. The Hall–Kier alpha value is -3.46. The molecule has 3 aromatic heterocycles. The van der Waals surface area contributed by atoms with E-state index < -0.39 is 0 Å². The first-order valence-corrected chi connectivity index (χ1v) is 12.0. The van der Waals surface area contributed by atoms with E-state index in [2.05, 4.69) is 100 Å². The van der Waals surface area contributed by atoms with E-state index in [1.54, 1.807) is 0 Å². The number of benzene rings is 2. The molecule has 0 amide bonds. The van der Waals surface area contributed by atoms with Gasteiger partial charge in [0, 0.05) is 28.2 Å². The molecule has 0 aliphatic heterocycles. The van der Waals surface area contributed by atoms with Crippen molar-refractivity contribution in [1.29, 1.82) is 0 Å². The van der Waals surface area contributed by atoms with Crippen molar-refractivity contribution in [3.63, 3.8) is 0 Å². The predicted molar refractivity (Wildman–Crippen MR) is 141 cm³/mol. The molecule has 5 aromatic rings. The first-order valence-electron chi connectivity index (χ1n) is 12.0. The largest absolute Gasteiger partial charge is 0.437 e. The molecule has 172 valence electrons. The maximum absolute atomic E-state index is 6.23. The van der Waals surface area contributed by atoms with Crippen LogP contribution in [0.3, 0.4) is 0 Å². The minimum absolute atomic E-state index is 0.0403. The third kappa shape index (κ3) is 4.11. The Bertz CT molecular complexity index is 1480. The molecule has 3 nitrogen and oxygen atoms in total. The van der Waals surface area contributed by atoms with Crippen molar-refractivity contribution >= 4 is 22.1 Å². The highest BCUT2D eigenvalue weighted by molar-refractivity contribution is 6.08. The summed E-state index contributed by atoms with van der Waals surface area (Å²) in [5, 5.41) is 2.11. The fourth-order valence-corrected chi connectivity index (χ4v) is 4.71. The van der Waals surface area contributed by atoms with Gasteiger partial charge in [-0.25, -0.2) is 4.98 Å². The van der Waals surface area contributed by atoms with Crippen molar-refractivity contribution in [3.05, 3.63) is 95.3 Å². The van der Waals surface area contributed by atoms with Crippen LogP contribution in [0.1, 0.15) is 57.0 Å². The third-order valence-electron chi connectivity index (χ3n) is 6.79. The molecule has 0 N–H and O–H groups in total. The molecule has 3 heteroatoms. The van der Waals surface area contributed by atoms with Gasteiger partial charge in [0.05, 0.1) is 5.69 Å². The van der Waals surface area contributed by atoms with Gasteiger partial charge >= 0.3 is 0 Å². The molecular weight excluding hydrogens is 416 g/mol. The van der Waals surface area contributed by atoms with Gasteiger partial charge in [-0.3, -0.25) is 4.98 Å². The molecule has 34 heavy (non-hydrogen) atoms. The summed E-state index contributed by atoms with van der Waals surface area (Å²) in [6.07, 6.45) is 2.87. The van der Waals surface area contributed by atoms with Crippen LogP contribution in [0, 0.1) is 6.92 Å². The van der Waals surface area contributed by atoms with Gasteiger partial charge in [-0.05, 0) is 71.2 Å². The number of hydrogen-bond acceptors (Lipinski definition) is 3. The van der Waals surface area contributed by atoms with Crippen molar-refractivity contribution in [1.82, 2.24) is 9.97 Å². The van der Waals surface area contributed by atoms with Crippen molar-refractivity contribution in [2.75, 3.05) is 0 Å². The third-order valence-corrected chi connectivity index (χ3v) is 6.79. The smallest absolute Gasteiger partial charge is 0.227 e. The summed E-state index contributed by atoms with van der Waals surface area (Å²) < 4.78 is 6.23. The molecule has 0 aliphatic rings. The molecule has 0 bridgehead atoms. The number of aromatic nitrogens is 2. The van der Waals surface area contributed by atoms with E-state index in [-0.39, 0.29) is 10.8 Å². The fourth-order valence-electron chi connectivity index (χ4n) is 4.71. The highest BCUT2D eigenvalue weighted by atomic mass is 16.3. The second-order valence-electron chi connectivity index (χ2n) is 11.0. The van der Waals surface area contributed by atoms with E-state index in [1.807, 2.05) is 19.2 Å². The van der Waals surface area contributed by atoms with Gasteiger partial charge in [-0.2, -0.15) is 0 Å². The van der Waals surface area contributed by atoms with E-state index in [0.29, 0.717) is 5.71 Å². The molecule has 0 fully saturated rings. The predicted octanol–water partition coefficient (Wildman–Crippen LogP) is 8.17. The van der Waals surface area contributed by atoms with Crippen LogP contribution in [0.5, 0.6) is 0 Å². The maximum Gasteiger partial charge on any atom is 0.227 e. The standard InChI is InChI=1S/C31H32N2O/c1-20-10-15-25-24-8-7-9-26(28(24)34-29(25)33-20)27-18-23(16-17-32-27)31(5,6)19-21-11-13-22(14-12-21)30(2,3)4/h7-18H,19H2,1-6H3. The number of hydrogen-bond donors (Lipinski definition) is 0. The lowest BCUT2D eigenvalue weighted by atomic mass is 9.78. The zero-order valence-electron chi connectivity index (χ0n) is 20.9. The number of para-hydroxylation sites is 1. The van der Waals surface area contributed by atoms with E-state index in [9.17, 15) is 0 Å². The Labute approximate surface area is 201 Å². The topological polar surface area (TPSA) is 38.9 Å². The second-order valence-corrected chi connectivity index (χ2v) is 11.0. The van der Waals surface area contributed by atoms with Crippen LogP contribution in [0.25, 0.3) is 33.3 Å². The normalized spacial score (nSPS) is 12.5. The van der Waals surface area contributed by atoms with Crippen LogP contribution in [0.15, 0.2) is 77.3 Å². The van der Waals surface area contributed by atoms with E-state index in [1.165, 1.54) is 16.7 Å². The Morgan fingerprint density at radius 2 is 1.56 bits per heavy atom. The molecule has 3 heterocycles. The van der Waals surface area contributed by atoms with E-state index in [0.717, 1.165) is 39.7 Å². The lowest BCUT2D eigenvalue weighted by Gasteiger charge is -2.26. The van der Waals surface area contributed by atoms with Crippen LogP contribution >= 0.6 is 0 Å². The molecule has 0 unspecified atom stereocenters. The van der Waals surface area contributed by atoms with Gasteiger partial charge in [0.25, 0.3) is 0 Å². The zero-order chi connectivity index (χ0) is 24.1. The first kappa shape index (κ1) is 22.3. The summed E-state index contributed by atoms with van der Waals surface area (Å²) in [5.74, 6) is 0. The summed E-state index contributed by atoms with van der Waals surface area (Å²) in [5.41, 5.74) is 8.50. The minimum Gasteiger partial charge on any atom is -0.437 e. The van der Waals surface area contributed by atoms with Gasteiger partial charge in [-0.1, -0.05) is 71.0 Å². The van der Waals surface area contributed by atoms with Gasteiger partial charge in [0.15, 0.2) is 0 Å². The van der Waals surface area contributed by atoms with Gasteiger partial charge in [0.1, 0.15) is 5.58 Å². The molecule has 0 radical (unpaired) electrons. The lowest BCUT2D eigenvalue weighted by molar-refractivity contribution is 0.521. The van der Waals surface area contributed by atoms with Crippen LogP contribution in [-0.4, -0.2) is 9.97 Å². The first-order chi connectivity index (χ1) is 16.1. The van der Waals surface area contributed by atoms with Crippen molar-refractivity contribution in [2.45, 2.75) is 58.8 Å². The minimum atomic E-state index is -0.0403. The van der Waals surface area contributed by atoms with Gasteiger partial charge in [0.2, 0.25) is 5.71 Å². The van der Waals surface area contributed by atoms with Crippen molar-refractivity contribution in [3.8, 4) is 11.3 Å². The summed E-state index contributed by atoms with van der Waals surface area (Å²) in [6.45, 7) is 13.4. The molecular formula is C31H32N2O. The Kier molecular flexibility index (Phi) is 5.31. The van der Waals surface area contributed by atoms with Gasteiger partial charge < -0.3 is 4.42 Å². The van der Waals surface area contributed by atoms with Crippen LogP contribution in [0.2, 0.25) is 0 Å². The van der Waals surface area contributed by atoms with Crippen molar-refractivity contribution < 1.29 is 4.42 Å². The van der Waals surface area contributed by atoms with Crippen LogP contribution in [0.4, 0.5) is 0 Å². The zero-order valence-corrected chi connectivity index (χ0v) is 20.9. The summed E-state index contributed by atoms with van der Waals surface area (Å²) >= 11 is 0. The van der Waals surface area contributed by atoms with Crippen LogP contribution in [-0.2, 0) is 17.3 Å². The fraction of sp³-hybridized carbons (Fsp3) is 0.290. The molecule has 0 atom stereocenters. The summed E-state index contributed by atoms with van der Waals surface area (Å²) in [6, 6.07) is 23.8. The molecule has 0 spiro atoms. The average Bonchev–Trinajstić information content (AvgIpc) is 3.16. The maximum atomic E-state index is 6.23. The Balaban J connectivity index is 1.51. The molecule has 2 aromatic carbocycles. The number of pyridine rings is 2. The lowest BCUT2D eigenvalue weighted by Crippen LogP contribution is -2.21. The highest BCUT2D eigenvalue weighted by Gasteiger charge is 2.23. The molecule has 5 rings (SSSR count). The Morgan fingerprint density at radius 3 is 2.29 bits per heavy atom.